The predicted molar refractivity (Wildman–Crippen MR) is 129 cm³/mol. The molecule has 0 saturated carbocycles. The Morgan fingerprint density at radius 3 is 2.44 bits per heavy atom. The van der Waals surface area contributed by atoms with Crippen LogP contribution >= 0.6 is 11.6 Å². The summed E-state index contributed by atoms with van der Waals surface area (Å²) in [5.41, 5.74) is 1.89. The van der Waals surface area contributed by atoms with Crippen molar-refractivity contribution >= 4 is 46.6 Å². The van der Waals surface area contributed by atoms with Gasteiger partial charge in [0.1, 0.15) is 5.02 Å². The number of hydrogen-bond donors (Lipinski definition) is 1. The largest absolute Gasteiger partial charge is 0.459 e. The molecule has 0 unspecified atom stereocenters. The molecule has 10 heteroatoms. The van der Waals surface area contributed by atoms with Gasteiger partial charge in [-0.25, -0.2) is 0 Å². The van der Waals surface area contributed by atoms with Crippen molar-refractivity contribution in [3.05, 3.63) is 93.4 Å². The van der Waals surface area contributed by atoms with E-state index in [1.165, 1.54) is 30.5 Å². The first-order valence-corrected chi connectivity index (χ1v) is 10.9. The summed E-state index contributed by atoms with van der Waals surface area (Å²) in [5.74, 6) is -0.128. The Balaban J connectivity index is 1.30. The van der Waals surface area contributed by atoms with Crippen molar-refractivity contribution in [2.45, 2.75) is 0 Å². The zero-order valence-electron chi connectivity index (χ0n) is 18.0. The van der Waals surface area contributed by atoms with E-state index in [0.717, 1.165) is 5.69 Å². The number of benzene rings is 2. The molecule has 3 aromatic rings. The van der Waals surface area contributed by atoms with Gasteiger partial charge in [-0.15, -0.1) is 0 Å². The molecule has 0 spiro atoms. The number of hydrogen-bond acceptors (Lipinski definition) is 6. The van der Waals surface area contributed by atoms with E-state index >= 15 is 0 Å². The molecule has 1 aliphatic rings. The minimum Gasteiger partial charge on any atom is -0.459 e. The van der Waals surface area contributed by atoms with Crippen LogP contribution in [0.1, 0.15) is 16.1 Å². The third-order valence-electron chi connectivity index (χ3n) is 5.39. The molecule has 34 heavy (non-hydrogen) atoms. The topological polar surface area (TPSA) is 109 Å². The van der Waals surface area contributed by atoms with E-state index in [2.05, 4.69) is 10.2 Å². The highest BCUT2D eigenvalue weighted by Crippen LogP contribution is 2.25. The van der Waals surface area contributed by atoms with E-state index < -0.39 is 4.92 Å². The molecule has 0 radical (unpaired) electrons. The van der Waals surface area contributed by atoms with Gasteiger partial charge in [-0.1, -0.05) is 17.7 Å². The first-order chi connectivity index (χ1) is 16.4. The molecule has 1 saturated heterocycles. The zero-order valence-corrected chi connectivity index (χ0v) is 18.8. The van der Waals surface area contributed by atoms with E-state index in [-0.39, 0.29) is 22.5 Å². The number of amides is 2. The minimum absolute atomic E-state index is 0.0391. The number of carbonyl (C=O) groups excluding carboxylic acids is 2. The second-order valence-electron chi connectivity index (χ2n) is 7.59. The maximum atomic E-state index is 12.4. The van der Waals surface area contributed by atoms with Crippen LogP contribution in [0.15, 0.2) is 71.4 Å². The molecule has 174 valence electrons. The summed E-state index contributed by atoms with van der Waals surface area (Å²) in [6, 6.07) is 15.1. The van der Waals surface area contributed by atoms with Crippen molar-refractivity contribution in [3.63, 3.8) is 0 Å². The fourth-order valence-electron chi connectivity index (χ4n) is 3.61. The average Bonchev–Trinajstić information content (AvgIpc) is 3.39. The highest BCUT2D eigenvalue weighted by molar-refractivity contribution is 6.32. The molecule has 0 atom stereocenters. The monoisotopic (exact) mass is 480 g/mol. The van der Waals surface area contributed by atoms with Crippen LogP contribution in [-0.4, -0.2) is 47.8 Å². The van der Waals surface area contributed by atoms with Gasteiger partial charge in [0.05, 0.1) is 11.2 Å². The van der Waals surface area contributed by atoms with Gasteiger partial charge >= 0.3 is 0 Å². The van der Waals surface area contributed by atoms with Crippen LogP contribution in [-0.2, 0) is 4.79 Å². The van der Waals surface area contributed by atoms with Crippen molar-refractivity contribution in [1.82, 2.24) is 4.90 Å². The Labute approximate surface area is 200 Å². The highest BCUT2D eigenvalue weighted by atomic mass is 35.5. The van der Waals surface area contributed by atoms with Gasteiger partial charge in [0.2, 0.25) is 5.91 Å². The van der Waals surface area contributed by atoms with Crippen molar-refractivity contribution < 1.29 is 18.9 Å². The Bertz CT molecular complexity index is 1220. The van der Waals surface area contributed by atoms with Crippen molar-refractivity contribution in [2.24, 2.45) is 0 Å². The lowest BCUT2D eigenvalue weighted by Gasteiger charge is -2.35. The third-order valence-corrected chi connectivity index (χ3v) is 5.71. The molecule has 1 N–H and O–H groups in total. The SMILES string of the molecule is O=C(C=Cc1ccc(Cl)c([N+](=O)[O-])c1)Nc1ccc(N2CCN(C(=O)c3ccco3)CC2)cc1. The minimum atomic E-state index is -0.571. The summed E-state index contributed by atoms with van der Waals surface area (Å²) in [7, 11) is 0. The maximum absolute atomic E-state index is 12.4. The van der Waals surface area contributed by atoms with Gasteiger partial charge < -0.3 is 19.5 Å². The molecule has 2 heterocycles. The first-order valence-electron chi connectivity index (χ1n) is 10.5. The second-order valence-corrected chi connectivity index (χ2v) is 8.00. The molecule has 2 aromatic carbocycles. The Morgan fingerprint density at radius 2 is 1.79 bits per heavy atom. The molecule has 4 rings (SSSR count). The number of nitro groups is 1. The molecule has 1 fully saturated rings. The van der Waals surface area contributed by atoms with Crippen LogP contribution in [0.2, 0.25) is 5.02 Å². The fraction of sp³-hybridized carbons (Fsp3) is 0.167. The third kappa shape index (κ3) is 5.44. The Hall–Kier alpha value is -4.11. The van der Waals surface area contributed by atoms with Gasteiger partial charge in [-0.2, -0.15) is 0 Å². The molecule has 2 amide bonds. The Morgan fingerprint density at radius 1 is 1.06 bits per heavy atom. The summed E-state index contributed by atoms with van der Waals surface area (Å²) < 4.78 is 5.19. The smallest absolute Gasteiger partial charge is 0.289 e. The van der Waals surface area contributed by atoms with E-state index in [1.807, 2.05) is 12.1 Å². The van der Waals surface area contributed by atoms with Crippen LogP contribution in [0, 0.1) is 10.1 Å². The van der Waals surface area contributed by atoms with Crippen LogP contribution in [0.25, 0.3) is 6.08 Å². The number of nitrogens with one attached hydrogen (secondary N) is 1. The quantitative estimate of drug-likeness (QED) is 0.317. The predicted octanol–water partition coefficient (Wildman–Crippen LogP) is 4.46. The van der Waals surface area contributed by atoms with Gasteiger partial charge in [-0.05, 0) is 54.1 Å². The number of piperazine rings is 1. The second kappa shape index (κ2) is 10.2. The van der Waals surface area contributed by atoms with E-state index in [0.29, 0.717) is 43.2 Å². The van der Waals surface area contributed by atoms with E-state index in [4.69, 9.17) is 16.0 Å². The molecule has 1 aliphatic heterocycles. The number of carbonyl (C=O) groups is 2. The summed E-state index contributed by atoms with van der Waals surface area (Å²) >= 11 is 5.80. The summed E-state index contributed by atoms with van der Waals surface area (Å²) in [5, 5.41) is 13.8. The summed E-state index contributed by atoms with van der Waals surface area (Å²) in [6.07, 6.45) is 4.27. The molecule has 9 nitrogen and oxygen atoms in total. The van der Waals surface area contributed by atoms with Gasteiger partial charge in [0.15, 0.2) is 5.76 Å². The van der Waals surface area contributed by atoms with E-state index in [1.54, 1.807) is 35.2 Å². The molecule has 0 bridgehead atoms. The van der Waals surface area contributed by atoms with Crippen LogP contribution in [0.5, 0.6) is 0 Å². The molecule has 0 aliphatic carbocycles. The number of anilines is 2. The normalized spacial score (nSPS) is 13.8. The lowest BCUT2D eigenvalue weighted by molar-refractivity contribution is -0.384. The lowest BCUT2D eigenvalue weighted by Crippen LogP contribution is -2.48. The first kappa shape index (κ1) is 23.1. The van der Waals surface area contributed by atoms with Crippen molar-refractivity contribution in [2.75, 3.05) is 36.4 Å². The van der Waals surface area contributed by atoms with Gasteiger partial charge in [0, 0.05) is 49.7 Å². The molecule has 1 aromatic heterocycles. The zero-order chi connectivity index (χ0) is 24.1. The van der Waals surface area contributed by atoms with Gasteiger partial charge in [-0.3, -0.25) is 19.7 Å². The number of nitro benzene ring substituents is 1. The van der Waals surface area contributed by atoms with Gasteiger partial charge in [0.25, 0.3) is 11.6 Å². The fourth-order valence-corrected chi connectivity index (χ4v) is 3.80. The lowest BCUT2D eigenvalue weighted by atomic mass is 10.2. The summed E-state index contributed by atoms with van der Waals surface area (Å²) in [4.78, 5) is 39.0. The van der Waals surface area contributed by atoms with Crippen LogP contribution < -0.4 is 10.2 Å². The Kier molecular flexibility index (Phi) is 6.93. The van der Waals surface area contributed by atoms with E-state index in [9.17, 15) is 19.7 Å². The molecular weight excluding hydrogens is 460 g/mol. The molecular formula is C24H21ClN4O5. The number of furan rings is 1. The van der Waals surface area contributed by atoms with Crippen molar-refractivity contribution in [3.8, 4) is 0 Å². The number of rotatable bonds is 6. The number of nitrogens with zero attached hydrogens (tertiary/aromatic N) is 3. The average molecular weight is 481 g/mol. The van der Waals surface area contributed by atoms with Crippen molar-refractivity contribution in [1.29, 1.82) is 0 Å². The number of halogens is 1. The van der Waals surface area contributed by atoms with Crippen LogP contribution in [0.3, 0.4) is 0 Å². The maximum Gasteiger partial charge on any atom is 0.289 e. The van der Waals surface area contributed by atoms with Crippen LogP contribution in [0.4, 0.5) is 17.1 Å². The standard InChI is InChI=1S/C24H21ClN4O5/c25-20-9-3-17(16-21(20)29(32)33)4-10-23(30)26-18-5-7-19(8-6-18)27-11-13-28(14-12-27)24(31)22-2-1-15-34-22/h1-10,15-16H,11-14H2,(H,26,30). The highest BCUT2D eigenvalue weighted by Gasteiger charge is 2.23. The summed E-state index contributed by atoms with van der Waals surface area (Å²) in [6.45, 7) is 2.56.